The number of epoxide rings is 1. The van der Waals surface area contributed by atoms with Crippen LogP contribution in [0.2, 0.25) is 0 Å². The minimum atomic E-state index is -1.71. The predicted molar refractivity (Wildman–Crippen MR) is 45.6 cm³/mol. The average Bonchev–Trinajstić information content (AvgIpc) is 2.79. The van der Waals surface area contributed by atoms with E-state index in [9.17, 15) is 18.9 Å². The van der Waals surface area contributed by atoms with E-state index in [1.165, 1.54) is 13.0 Å². The van der Waals surface area contributed by atoms with Gasteiger partial charge in [0.2, 0.25) is 0 Å². The Labute approximate surface area is 83.6 Å². The Hall–Kier alpha value is -1.56. The van der Waals surface area contributed by atoms with Gasteiger partial charge in [0.15, 0.2) is 6.10 Å². The van der Waals surface area contributed by atoms with Crippen molar-refractivity contribution in [3.63, 3.8) is 0 Å². The van der Waals surface area contributed by atoms with Crippen molar-refractivity contribution in [2.45, 2.75) is 18.8 Å². The molecule has 0 N–H and O–H groups in total. The molecule has 2 atom stereocenters. The van der Waals surface area contributed by atoms with Gasteiger partial charge in [-0.15, -0.1) is 0 Å². The molecule has 80 valence electrons. The third-order valence-corrected chi connectivity index (χ3v) is 2.41. The third kappa shape index (κ3) is 1.37. The number of hydrogen-bond acceptors (Lipinski definition) is 3. The van der Waals surface area contributed by atoms with Crippen LogP contribution in [-0.2, 0) is 4.74 Å². The number of rotatable bonds is 2. The predicted octanol–water partition coefficient (Wildman–Crippen LogP) is 2.03. The highest BCUT2D eigenvalue weighted by molar-refractivity contribution is 5.27. The zero-order valence-corrected chi connectivity index (χ0v) is 7.74. The Morgan fingerprint density at radius 1 is 1.47 bits per heavy atom. The number of nitrogens with zero attached hydrogens (tertiary/aromatic N) is 1. The molecule has 1 aliphatic heterocycles. The Bertz CT molecular complexity index is 417. The highest BCUT2D eigenvalue weighted by Gasteiger charge is 2.67. The molecule has 4 nitrogen and oxygen atoms in total. The molecular formula is C9H7F2NO3. The standard InChI is InChI=1S/C9H7F2NO3/c1-9(12(13)14)8(15-9)7-5(10)3-2-4-6(7)11/h2-4,8H,1H3/t8-,9+/m0/s1. The van der Waals surface area contributed by atoms with Gasteiger partial charge in [-0.05, 0) is 12.1 Å². The summed E-state index contributed by atoms with van der Waals surface area (Å²) in [6.45, 7) is 1.18. The van der Waals surface area contributed by atoms with Gasteiger partial charge in [0, 0.05) is 6.92 Å². The second kappa shape index (κ2) is 2.96. The molecule has 1 saturated heterocycles. The highest BCUT2D eigenvalue weighted by Crippen LogP contribution is 2.50. The van der Waals surface area contributed by atoms with Crippen molar-refractivity contribution in [2.24, 2.45) is 0 Å². The fourth-order valence-corrected chi connectivity index (χ4v) is 1.43. The minimum Gasteiger partial charge on any atom is -0.294 e. The van der Waals surface area contributed by atoms with Crippen LogP contribution in [0.5, 0.6) is 0 Å². The van der Waals surface area contributed by atoms with Crippen LogP contribution in [0.1, 0.15) is 18.6 Å². The van der Waals surface area contributed by atoms with Gasteiger partial charge in [-0.2, -0.15) is 0 Å². The van der Waals surface area contributed by atoms with Gasteiger partial charge in [0.25, 0.3) is 0 Å². The number of benzene rings is 1. The number of nitro groups is 1. The van der Waals surface area contributed by atoms with Crippen LogP contribution in [0.15, 0.2) is 18.2 Å². The first-order valence-electron chi connectivity index (χ1n) is 4.23. The van der Waals surface area contributed by atoms with Crippen LogP contribution in [0.25, 0.3) is 0 Å². The maximum absolute atomic E-state index is 13.2. The normalized spacial score (nSPS) is 28.9. The third-order valence-electron chi connectivity index (χ3n) is 2.41. The van der Waals surface area contributed by atoms with Gasteiger partial charge in [0.1, 0.15) is 11.6 Å². The molecule has 15 heavy (non-hydrogen) atoms. The largest absolute Gasteiger partial charge is 0.353 e. The maximum atomic E-state index is 13.2. The molecule has 2 rings (SSSR count). The molecule has 0 aliphatic carbocycles. The zero-order valence-electron chi connectivity index (χ0n) is 7.74. The smallest absolute Gasteiger partial charge is 0.294 e. The molecule has 1 aromatic carbocycles. The second-order valence-corrected chi connectivity index (χ2v) is 3.44. The van der Waals surface area contributed by atoms with E-state index in [0.717, 1.165) is 12.1 Å². The summed E-state index contributed by atoms with van der Waals surface area (Å²) in [4.78, 5) is 9.83. The van der Waals surface area contributed by atoms with Gasteiger partial charge >= 0.3 is 5.72 Å². The van der Waals surface area contributed by atoms with Crippen LogP contribution in [0, 0.1) is 21.7 Å². The Morgan fingerprint density at radius 2 is 2.00 bits per heavy atom. The summed E-state index contributed by atoms with van der Waals surface area (Å²) < 4.78 is 31.1. The number of hydrogen-bond donors (Lipinski definition) is 0. The molecular weight excluding hydrogens is 208 g/mol. The molecule has 6 heteroatoms. The quantitative estimate of drug-likeness (QED) is 0.431. The Balaban J connectivity index is 2.39. The monoisotopic (exact) mass is 215 g/mol. The van der Waals surface area contributed by atoms with Gasteiger partial charge in [-0.25, -0.2) is 8.78 Å². The SMILES string of the molecule is C[C@@]1([N+](=O)[O-])O[C@H]1c1c(F)cccc1F. The van der Waals surface area contributed by atoms with Crippen molar-refractivity contribution >= 4 is 0 Å². The summed E-state index contributed by atoms with van der Waals surface area (Å²) >= 11 is 0. The fourth-order valence-electron chi connectivity index (χ4n) is 1.43. The first kappa shape index (κ1) is 9.97. The van der Waals surface area contributed by atoms with Crippen molar-refractivity contribution in [3.05, 3.63) is 45.5 Å². The first-order chi connectivity index (χ1) is 6.97. The minimum absolute atomic E-state index is 0.378. The topological polar surface area (TPSA) is 55.7 Å². The summed E-state index contributed by atoms with van der Waals surface area (Å²) in [5.74, 6) is -1.66. The van der Waals surface area contributed by atoms with Gasteiger partial charge < -0.3 is 0 Å². The van der Waals surface area contributed by atoms with E-state index in [1.807, 2.05) is 0 Å². The van der Waals surface area contributed by atoms with Gasteiger partial charge in [0.05, 0.1) is 10.5 Å². The summed E-state index contributed by atoms with van der Waals surface area (Å²) in [7, 11) is 0. The average molecular weight is 215 g/mol. The number of ether oxygens (including phenoxy) is 1. The van der Waals surface area contributed by atoms with E-state index >= 15 is 0 Å². The molecule has 0 aromatic heterocycles. The molecule has 0 radical (unpaired) electrons. The van der Waals surface area contributed by atoms with Crippen LogP contribution < -0.4 is 0 Å². The lowest BCUT2D eigenvalue weighted by Crippen LogP contribution is -2.19. The number of halogens is 2. The molecule has 0 unspecified atom stereocenters. The summed E-state index contributed by atoms with van der Waals surface area (Å²) in [6.07, 6.45) is -1.14. The van der Waals surface area contributed by atoms with Crippen molar-refractivity contribution in [3.8, 4) is 0 Å². The molecule has 0 bridgehead atoms. The van der Waals surface area contributed by atoms with Crippen molar-refractivity contribution in [1.82, 2.24) is 0 Å². The van der Waals surface area contributed by atoms with Crippen LogP contribution in [-0.4, -0.2) is 10.6 Å². The van der Waals surface area contributed by atoms with Crippen molar-refractivity contribution in [1.29, 1.82) is 0 Å². The molecule has 1 heterocycles. The van der Waals surface area contributed by atoms with E-state index in [1.54, 1.807) is 0 Å². The van der Waals surface area contributed by atoms with E-state index in [4.69, 9.17) is 4.74 Å². The van der Waals surface area contributed by atoms with Crippen molar-refractivity contribution < 1.29 is 18.4 Å². The van der Waals surface area contributed by atoms with E-state index in [2.05, 4.69) is 0 Å². The summed E-state index contributed by atoms with van der Waals surface area (Å²) in [6, 6.07) is 3.28. The zero-order chi connectivity index (χ0) is 11.2. The van der Waals surface area contributed by atoms with E-state index in [0.29, 0.717) is 0 Å². The highest BCUT2D eigenvalue weighted by atomic mass is 19.1. The maximum Gasteiger partial charge on any atom is 0.353 e. The fraction of sp³-hybridized carbons (Fsp3) is 0.333. The van der Waals surface area contributed by atoms with Crippen molar-refractivity contribution in [2.75, 3.05) is 0 Å². The second-order valence-electron chi connectivity index (χ2n) is 3.44. The molecule has 1 fully saturated rings. The summed E-state index contributed by atoms with van der Waals surface area (Å²) in [5.41, 5.74) is -2.08. The molecule has 1 aliphatic rings. The van der Waals surface area contributed by atoms with Crippen LogP contribution in [0.4, 0.5) is 8.78 Å². The Kier molecular flexibility index (Phi) is 1.97. The first-order valence-corrected chi connectivity index (χ1v) is 4.23. The van der Waals surface area contributed by atoms with Gasteiger partial charge in [-0.1, -0.05) is 6.07 Å². The molecule has 0 spiro atoms. The molecule has 1 aromatic rings. The lowest BCUT2D eigenvalue weighted by Gasteiger charge is -2.00. The van der Waals surface area contributed by atoms with Crippen LogP contribution in [0.3, 0.4) is 0 Å². The van der Waals surface area contributed by atoms with E-state index in [-0.39, 0.29) is 5.56 Å². The van der Waals surface area contributed by atoms with Gasteiger partial charge in [-0.3, -0.25) is 14.9 Å². The molecule has 0 saturated carbocycles. The lowest BCUT2D eigenvalue weighted by atomic mass is 10.1. The lowest BCUT2D eigenvalue weighted by molar-refractivity contribution is -0.558. The summed E-state index contributed by atoms with van der Waals surface area (Å²) in [5, 5.41) is 10.5. The Morgan fingerprint density at radius 3 is 2.40 bits per heavy atom. The molecule has 0 amide bonds. The van der Waals surface area contributed by atoms with Crippen LogP contribution >= 0.6 is 0 Å². The van der Waals surface area contributed by atoms with E-state index < -0.39 is 28.4 Å².